The highest BCUT2D eigenvalue weighted by atomic mass is 16.7. The van der Waals surface area contributed by atoms with Crippen molar-refractivity contribution in [2.75, 3.05) is 69.6 Å². The molecule has 0 spiro atoms. The molecule has 6 aliphatic heterocycles. The summed E-state index contributed by atoms with van der Waals surface area (Å²) in [5.74, 6) is -9.57. The molecule has 6 aliphatic rings. The molecule has 1 aromatic carbocycles. The Kier molecular flexibility index (Phi) is 42.6. The molecule has 0 unspecified atom stereocenters. The molecule has 6 saturated heterocycles. The van der Waals surface area contributed by atoms with Gasteiger partial charge >= 0.3 is 35.8 Å². The molecule has 0 aliphatic carbocycles. The summed E-state index contributed by atoms with van der Waals surface area (Å²) in [5.41, 5.74) is -8.49. The van der Waals surface area contributed by atoms with E-state index in [0.717, 1.165) is 5.56 Å². The molecule has 131 heavy (non-hydrogen) atoms. The molecule has 6 heterocycles. The van der Waals surface area contributed by atoms with Gasteiger partial charge in [0.25, 0.3) is 0 Å². The second-order valence-corrected chi connectivity index (χ2v) is 40.4. The molecule has 40 atom stereocenters. The molecular formula is C95H166N4O32. The first kappa shape index (κ1) is 115. The van der Waals surface area contributed by atoms with Crippen LogP contribution in [-0.2, 0) is 116 Å². The third kappa shape index (κ3) is 29.4. The summed E-state index contributed by atoms with van der Waals surface area (Å²) in [6.45, 7) is 40.8. The highest BCUT2D eigenvalue weighted by Crippen LogP contribution is 2.45. The molecular weight excluding hydrogens is 1710 g/mol. The van der Waals surface area contributed by atoms with Crippen molar-refractivity contribution in [1.82, 2.24) is 19.6 Å². The summed E-state index contributed by atoms with van der Waals surface area (Å²) in [6, 6.07) is 7.16. The third-order valence-electron chi connectivity index (χ3n) is 28.1. The maximum atomic E-state index is 14.5. The molecule has 36 heteroatoms. The van der Waals surface area contributed by atoms with Crippen LogP contribution in [-0.4, -0.2) is 376 Å². The molecule has 0 radical (unpaired) electrons. The van der Waals surface area contributed by atoms with Crippen LogP contribution in [0, 0.1) is 35.5 Å². The Balaban J connectivity index is 0.000000406. The number of methoxy groups -OCH3 is 2. The van der Waals surface area contributed by atoms with Crippen molar-refractivity contribution in [2.45, 2.75) is 429 Å². The van der Waals surface area contributed by atoms with Crippen LogP contribution < -0.4 is 0 Å². The lowest BCUT2D eigenvalue weighted by molar-refractivity contribution is -0.319. The number of carbonyl (C=O) groups excluding carboxylic acids is 6. The summed E-state index contributed by atoms with van der Waals surface area (Å²) in [4.78, 5) is 89.4. The van der Waals surface area contributed by atoms with Crippen molar-refractivity contribution in [3.63, 3.8) is 0 Å². The van der Waals surface area contributed by atoms with Crippen LogP contribution >= 0.6 is 0 Å². The van der Waals surface area contributed by atoms with Crippen LogP contribution in [0.4, 0.5) is 0 Å². The van der Waals surface area contributed by atoms with Crippen molar-refractivity contribution >= 4 is 35.8 Å². The maximum Gasteiger partial charge on any atom is 0.347 e. The SMILES string of the molecule is CC[C@H]1OC(=O)[C@H](C)[C@@H](O[C@H]2C[C@@](C)(OC)[C@@H](O)[C@H](C)O2)[C@H](C)[C@@H](O[C@@H]2O[C@H](C)C[C@H](N(C)C)[C@H]2OC(=O)[C@H](C)OC(=O)[C@@H](C)O)[C@](C)(O)C[C@@H](C)CN(C)[C@H](C)[C@@H](O)[C@]1(C)O.CC[C@H]1OC(=O)[C@H](C)[C@@H](O[C@H]2C[C@@](C)(OC)[C@@H](O)[C@H](C)O2)[C@H](C)[C@@H](O[C@@H]2O[C@H](C)C[C@H](N(C)C)[C@H]2OC(=O)[C@H](C)OC(=O)[C@@H](C)OCc2ccccc2)[C@](C)(O)C[C@@H](C)CN(C)[C@H](C)[C@@H](O)[C@]1(C)O. The summed E-state index contributed by atoms with van der Waals surface area (Å²) in [7, 11) is 13.9. The van der Waals surface area contributed by atoms with Crippen LogP contribution in [0.3, 0.4) is 0 Å². The van der Waals surface area contributed by atoms with E-state index >= 15 is 0 Å². The first-order chi connectivity index (χ1) is 60.6. The molecule has 1 aromatic rings. The number of ether oxygens (including phenoxy) is 17. The first-order valence-electron chi connectivity index (χ1n) is 46.9. The third-order valence-corrected chi connectivity index (χ3v) is 28.1. The van der Waals surface area contributed by atoms with Crippen LogP contribution in [0.5, 0.6) is 0 Å². The number of rotatable bonds is 25. The van der Waals surface area contributed by atoms with Crippen LogP contribution in [0.25, 0.3) is 0 Å². The van der Waals surface area contributed by atoms with E-state index in [9.17, 15) is 74.7 Å². The Bertz CT molecular complexity index is 3710. The summed E-state index contributed by atoms with van der Waals surface area (Å²) in [6.07, 6.45) is -24.6. The first-order valence-corrected chi connectivity index (χ1v) is 46.9. The molecule has 0 bridgehead atoms. The largest absolute Gasteiger partial charge is 0.459 e. The van der Waals surface area contributed by atoms with E-state index in [-0.39, 0.29) is 57.0 Å². The molecule has 9 N–H and O–H groups in total. The Morgan fingerprint density at radius 1 is 0.489 bits per heavy atom. The minimum atomic E-state index is -1.87. The topological polar surface area (TPSA) is 454 Å². The Labute approximate surface area is 777 Å². The zero-order valence-electron chi connectivity index (χ0n) is 84.0. The normalized spacial score (nSPS) is 42.6. The monoisotopic (exact) mass is 1880 g/mol. The van der Waals surface area contributed by atoms with Gasteiger partial charge in [0.2, 0.25) is 0 Å². The highest BCUT2D eigenvalue weighted by molar-refractivity contribution is 5.82. The fraction of sp³-hybridized carbons (Fsp3) is 0.874. The van der Waals surface area contributed by atoms with Gasteiger partial charge in [-0.3, -0.25) is 9.59 Å². The van der Waals surface area contributed by atoms with Crippen LogP contribution in [0.2, 0.25) is 0 Å². The summed E-state index contributed by atoms with van der Waals surface area (Å²) >= 11 is 0. The van der Waals surface area contributed by atoms with Gasteiger partial charge in [-0.15, -0.1) is 0 Å². The molecule has 0 saturated carbocycles. The van der Waals surface area contributed by atoms with Gasteiger partial charge in [-0.05, 0) is 223 Å². The van der Waals surface area contributed by atoms with Crippen molar-refractivity contribution in [3.05, 3.63) is 35.9 Å². The standard InChI is InChI=1S/C51H86N2O16.C44H80N2O16/c1-17-38-51(12,60)42(54)32(6)53(15)26-28(2)24-49(10,59)44(30(4)40(31(5)45(56)66-38)67-39-25-50(11,61-16)43(55)33(7)64-39)69-48-41(37(52(13)14)23-29(3)63-48)68-47(58)35(9)65-46(57)34(8)62-27-36-21-19-18-20-22-36;1-17-31-44(12,54)35(48)26(6)46(15)21-22(2)19-42(10,53)37(24(4)33(25(5)38(50)59-31)60-32-20-43(11,55-16)36(49)28(8)57-32)62-41-34(30(45(13)14)18-23(3)56-41)61-40(52)29(9)58-39(51)27(7)47/h18-22,28-35,37-44,48,54-55,59-60H,17,23-27H2,1-16H3;22-37,41,47-49,53-54H,17-21H2,1-16H3/t28-,29-,30+,31-,32-,33+,34-,35+,37+,38-,39+,40+,41-,42-,43+,44-,48+,49-,50-,51-;22-,23-,24+,25-,26-,27-,28+,29+,30+,31-,32+,33+,34-,35-,36+,37-,41+,42-,43-,44-/m11/s1. The van der Waals surface area contributed by atoms with Crippen molar-refractivity contribution < 1.29 is 155 Å². The van der Waals surface area contributed by atoms with Crippen molar-refractivity contribution in [3.8, 4) is 0 Å². The number of carbonyl (C=O) groups is 6. The van der Waals surface area contributed by atoms with Gasteiger partial charge in [0.1, 0.15) is 53.9 Å². The number of hydrogen-bond donors (Lipinski definition) is 9. The number of aliphatic hydroxyl groups excluding tert-OH is 5. The number of likely N-dealkylation sites (N-methyl/N-ethyl adjacent to an activating group) is 4. The Morgan fingerprint density at radius 3 is 1.17 bits per heavy atom. The van der Waals surface area contributed by atoms with Gasteiger partial charge in [-0.2, -0.15) is 0 Å². The van der Waals surface area contributed by atoms with Gasteiger partial charge in [0.15, 0.2) is 55.7 Å². The molecule has 7 rings (SSSR count). The Morgan fingerprint density at radius 2 is 0.840 bits per heavy atom. The number of esters is 6. The quantitative estimate of drug-likeness (QED) is 0.0415. The van der Waals surface area contributed by atoms with Crippen LogP contribution in [0.1, 0.15) is 223 Å². The predicted octanol–water partition coefficient (Wildman–Crippen LogP) is 5.75. The average molecular weight is 1880 g/mol. The highest BCUT2D eigenvalue weighted by Gasteiger charge is 2.58. The van der Waals surface area contributed by atoms with E-state index in [4.69, 9.17) is 80.5 Å². The van der Waals surface area contributed by atoms with E-state index < -0.39 is 265 Å². The fourth-order valence-electron chi connectivity index (χ4n) is 19.7. The van der Waals surface area contributed by atoms with E-state index in [1.54, 1.807) is 111 Å². The van der Waals surface area contributed by atoms with E-state index in [2.05, 4.69) is 0 Å². The second-order valence-electron chi connectivity index (χ2n) is 40.4. The molecule has 36 nitrogen and oxygen atoms in total. The average Bonchev–Trinajstić information content (AvgIpc) is 1.73. The van der Waals surface area contributed by atoms with Gasteiger partial charge in [0.05, 0.1) is 102 Å². The van der Waals surface area contributed by atoms with Gasteiger partial charge in [0, 0.05) is 64.1 Å². The minimum absolute atomic E-state index is 0.0608. The van der Waals surface area contributed by atoms with E-state index in [1.807, 2.05) is 113 Å². The zero-order chi connectivity index (χ0) is 99.3. The molecule has 0 amide bonds. The lowest BCUT2D eigenvalue weighted by Gasteiger charge is -2.49. The van der Waals surface area contributed by atoms with Gasteiger partial charge < -0.3 is 146 Å². The number of hydrogen-bond acceptors (Lipinski definition) is 36. The maximum absolute atomic E-state index is 14.5. The van der Waals surface area contributed by atoms with E-state index in [1.165, 1.54) is 48.8 Å². The fourth-order valence-corrected chi connectivity index (χ4v) is 19.7. The minimum Gasteiger partial charge on any atom is -0.459 e. The van der Waals surface area contributed by atoms with Crippen LogP contribution in [0.15, 0.2) is 30.3 Å². The number of cyclic esters (lactones) is 2. The lowest BCUT2D eigenvalue weighted by Crippen LogP contribution is -2.61. The van der Waals surface area contributed by atoms with Gasteiger partial charge in [-0.1, -0.05) is 71.9 Å². The second kappa shape index (κ2) is 48.6. The number of nitrogens with zero attached hydrogens (tertiary/aromatic N) is 4. The Hall–Kier alpha value is -4.92. The predicted molar refractivity (Wildman–Crippen MR) is 480 cm³/mol. The summed E-state index contributed by atoms with van der Waals surface area (Å²) < 4.78 is 105. The number of aliphatic hydroxyl groups is 9. The van der Waals surface area contributed by atoms with Crippen molar-refractivity contribution in [2.24, 2.45) is 35.5 Å². The molecule has 0 aromatic heterocycles. The van der Waals surface area contributed by atoms with Crippen molar-refractivity contribution in [1.29, 1.82) is 0 Å². The number of benzene rings is 1. The van der Waals surface area contributed by atoms with Gasteiger partial charge in [-0.25, -0.2) is 19.2 Å². The zero-order valence-corrected chi connectivity index (χ0v) is 84.0. The smallest absolute Gasteiger partial charge is 0.347 e. The lowest BCUT2D eigenvalue weighted by atomic mass is 9.77. The molecule has 6 fully saturated rings. The van der Waals surface area contributed by atoms with E-state index in [0.29, 0.717) is 25.9 Å². The molecule has 758 valence electrons. The summed E-state index contributed by atoms with van der Waals surface area (Å²) in [5, 5.41) is 105.